The van der Waals surface area contributed by atoms with E-state index in [9.17, 15) is 0 Å². The van der Waals surface area contributed by atoms with Crippen molar-refractivity contribution in [1.82, 2.24) is 0 Å². The summed E-state index contributed by atoms with van der Waals surface area (Å²) in [6.45, 7) is 6.94. The quantitative estimate of drug-likeness (QED) is 0.233. The van der Waals surface area contributed by atoms with E-state index >= 15 is 0 Å². The van der Waals surface area contributed by atoms with Crippen LogP contribution in [0.25, 0.3) is 0 Å². The van der Waals surface area contributed by atoms with Crippen LogP contribution in [0.1, 0.15) is 100.0 Å². The average molecular weight is 468 g/mol. The van der Waals surface area contributed by atoms with Crippen LogP contribution in [0.4, 0.5) is 11.4 Å². The lowest BCUT2D eigenvalue weighted by molar-refractivity contribution is 0.439. The molecule has 0 saturated carbocycles. The second kappa shape index (κ2) is 12.4. The van der Waals surface area contributed by atoms with Crippen LogP contribution >= 0.6 is 0 Å². The summed E-state index contributed by atoms with van der Waals surface area (Å²) in [6.07, 6.45) is 15.4. The highest BCUT2D eigenvalue weighted by atomic mass is 14.9. The number of hydrogen-bond donors (Lipinski definition) is 1. The molecule has 3 aromatic carbocycles. The van der Waals surface area contributed by atoms with Gasteiger partial charge in [-0.25, -0.2) is 0 Å². The predicted octanol–water partition coefficient (Wildman–Crippen LogP) is 9.73. The first kappa shape index (κ1) is 25.5. The van der Waals surface area contributed by atoms with Gasteiger partial charge in [0.15, 0.2) is 0 Å². The molecule has 0 unspecified atom stereocenters. The molecule has 1 aliphatic carbocycles. The predicted molar refractivity (Wildman–Crippen MR) is 153 cm³/mol. The molecule has 0 aliphatic heterocycles. The van der Waals surface area contributed by atoms with E-state index in [1.54, 1.807) is 16.7 Å². The summed E-state index contributed by atoms with van der Waals surface area (Å²) in [6, 6.07) is 25.2. The molecule has 0 radical (unpaired) electrons. The zero-order chi connectivity index (χ0) is 24.5. The molecule has 0 atom stereocenters. The first-order valence-electron chi connectivity index (χ1n) is 14.2. The molecule has 3 aromatic rings. The van der Waals surface area contributed by atoms with Crippen LogP contribution in [-0.4, -0.2) is 0 Å². The highest BCUT2D eigenvalue weighted by Gasteiger charge is 2.21. The number of nitrogens with one attached hydrogen (secondary N) is 1. The maximum absolute atomic E-state index is 3.61. The largest absolute Gasteiger partial charge is 0.356 e. The van der Waals surface area contributed by atoms with Crippen molar-refractivity contribution in [3.8, 4) is 0 Å². The molecule has 0 fully saturated rings. The van der Waals surface area contributed by atoms with Crippen LogP contribution in [0.15, 0.2) is 66.7 Å². The van der Waals surface area contributed by atoms with Crippen molar-refractivity contribution in [3.63, 3.8) is 0 Å². The Morgan fingerprint density at radius 2 is 1.26 bits per heavy atom. The third-order valence-electron chi connectivity index (χ3n) is 8.47. The van der Waals surface area contributed by atoms with Gasteiger partial charge in [-0.3, -0.25) is 0 Å². The maximum atomic E-state index is 3.61. The van der Waals surface area contributed by atoms with Crippen LogP contribution in [0.3, 0.4) is 0 Å². The van der Waals surface area contributed by atoms with Crippen molar-refractivity contribution < 1.29 is 0 Å². The number of unbranched alkanes of at least 4 members (excludes halogenated alkanes) is 5. The molecule has 1 nitrogen and oxygen atoms in total. The Balaban J connectivity index is 1.13. The summed E-state index contributed by atoms with van der Waals surface area (Å²) in [4.78, 5) is 0. The van der Waals surface area contributed by atoms with E-state index in [1.807, 2.05) is 0 Å². The number of benzene rings is 3. The molecule has 1 aliphatic rings. The number of rotatable bonds is 14. The van der Waals surface area contributed by atoms with Gasteiger partial charge in [-0.1, -0.05) is 88.9 Å². The third kappa shape index (κ3) is 7.00. The van der Waals surface area contributed by atoms with E-state index in [-0.39, 0.29) is 5.41 Å². The molecule has 1 N–H and O–H groups in total. The molecule has 186 valence electrons. The normalized spacial score (nSPS) is 12.8. The Bertz CT molecular complexity index is 1060. The van der Waals surface area contributed by atoms with E-state index in [4.69, 9.17) is 0 Å². The Labute approximate surface area is 214 Å². The summed E-state index contributed by atoms with van der Waals surface area (Å²) in [7, 11) is 0. The van der Waals surface area contributed by atoms with E-state index in [0.29, 0.717) is 0 Å². The van der Waals surface area contributed by atoms with Crippen LogP contribution in [0.2, 0.25) is 0 Å². The summed E-state index contributed by atoms with van der Waals surface area (Å²) in [5.41, 5.74) is 10.3. The van der Waals surface area contributed by atoms with Gasteiger partial charge in [0.2, 0.25) is 0 Å². The van der Waals surface area contributed by atoms with Crippen molar-refractivity contribution in [2.45, 2.75) is 103 Å². The van der Waals surface area contributed by atoms with Gasteiger partial charge in [0.25, 0.3) is 0 Å². The van der Waals surface area contributed by atoms with Crippen LogP contribution in [0, 0.1) is 0 Å². The SMILES string of the molecule is CCC(C)(CC)c1ccc(Nc2cccc(CCCCCCCCc3ccc4c(c3)CC4)c2)cc1. The van der Waals surface area contributed by atoms with E-state index in [0.717, 1.165) is 0 Å². The molecule has 1 heteroatoms. The van der Waals surface area contributed by atoms with Gasteiger partial charge < -0.3 is 5.32 Å². The molecule has 35 heavy (non-hydrogen) atoms. The monoisotopic (exact) mass is 467 g/mol. The fraction of sp³-hybridized carbons (Fsp3) is 0.471. The first-order valence-corrected chi connectivity index (χ1v) is 14.2. The van der Waals surface area contributed by atoms with Gasteiger partial charge >= 0.3 is 0 Å². The van der Waals surface area contributed by atoms with E-state index in [2.05, 4.69) is 92.8 Å². The fourth-order valence-corrected chi connectivity index (χ4v) is 5.35. The second-order valence-corrected chi connectivity index (χ2v) is 10.9. The summed E-state index contributed by atoms with van der Waals surface area (Å²) >= 11 is 0. The van der Waals surface area contributed by atoms with Gasteiger partial charge in [0.1, 0.15) is 0 Å². The number of fused-ring (bicyclic) bond motifs is 1. The zero-order valence-corrected chi connectivity index (χ0v) is 22.3. The van der Waals surface area contributed by atoms with E-state index in [1.165, 1.54) is 99.6 Å². The molecule has 0 amide bonds. The van der Waals surface area contributed by atoms with Crippen molar-refractivity contribution >= 4 is 11.4 Å². The minimum Gasteiger partial charge on any atom is -0.356 e. The summed E-state index contributed by atoms with van der Waals surface area (Å²) in [5.74, 6) is 0. The maximum Gasteiger partial charge on any atom is 0.0386 e. The zero-order valence-electron chi connectivity index (χ0n) is 22.3. The molecule has 0 aromatic heterocycles. The summed E-state index contributed by atoms with van der Waals surface area (Å²) in [5, 5.41) is 3.61. The molecule has 0 heterocycles. The highest BCUT2D eigenvalue weighted by molar-refractivity contribution is 5.60. The van der Waals surface area contributed by atoms with Crippen LogP contribution in [0.5, 0.6) is 0 Å². The van der Waals surface area contributed by atoms with Gasteiger partial charge in [0, 0.05) is 11.4 Å². The molecular formula is C34H45N. The lowest BCUT2D eigenvalue weighted by atomic mass is 9.78. The van der Waals surface area contributed by atoms with Gasteiger partial charge in [-0.2, -0.15) is 0 Å². The van der Waals surface area contributed by atoms with Gasteiger partial charge in [-0.15, -0.1) is 0 Å². The lowest BCUT2D eigenvalue weighted by Gasteiger charge is -2.27. The van der Waals surface area contributed by atoms with Crippen molar-refractivity contribution in [2.75, 3.05) is 5.32 Å². The van der Waals surface area contributed by atoms with Crippen molar-refractivity contribution in [1.29, 1.82) is 0 Å². The Kier molecular flexibility index (Phi) is 9.07. The van der Waals surface area contributed by atoms with Crippen molar-refractivity contribution in [3.05, 3.63) is 94.5 Å². The highest BCUT2D eigenvalue weighted by Crippen LogP contribution is 2.32. The standard InChI is InChI=1S/C34H45N/c1-4-34(3,5-2)31-21-23-32(24-22-31)35-33-16-12-15-27(26-33)13-10-8-6-7-9-11-14-28-17-18-29-19-20-30(29)25-28/h12,15-18,21-26,35H,4-11,13-14,19-20H2,1-3H3. The topological polar surface area (TPSA) is 12.0 Å². The lowest BCUT2D eigenvalue weighted by Crippen LogP contribution is -2.19. The smallest absolute Gasteiger partial charge is 0.0386 e. The molecule has 4 rings (SSSR count). The summed E-state index contributed by atoms with van der Waals surface area (Å²) < 4.78 is 0. The minimum atomic E-state index is 0.279. The number of anilines is 2. The van der Waals surface area contributed by atoms with E-state index < -0.39 is 0 Å². The van der Waals surface area contributed by atoms with Crippen molar-refractivity contribution in [2.24, 2.45) is 0 Å². The Morgan fingerprint density at radius 3 is 1.86 bits per heavy atom. The fourth-order valence-electron chi connectivity index (χ4n) is 5.35. The van der Waals surface area contributed by atoms with Gasteiger partial charge in [-0.05, 0) is 109 Å². The first-order chi connectivity index (χ1) is 17.1. The molecule has 0 saturated heterocycles. The number of hydrogen-bond acceptors (Lipinski definition) is 1. The Morgan fingerprint density at radius 1 is 0.629 bits per heavy atom. The Hall–Kier alpha value is -2.54. The average Bonchev–Trinajstić information content (AvgIpc) is 2.87. The van der Waals surface area contributed by atoms with Crippen LogP contribution < -0.4 is 5.32 Å². The minimum absolute atomic E-state index is 0.279. The van der Waals surface area contributed by atoms with Crippen LogP contribution in [-0.2, 0) is 31.1 Å². The molecule has 0 bridgehead atoms. The third-order valence-corrected chi connectivity index (χ3v) is 8.47. The second-order valence-electron chi connectivity index (χ2n) is 10.9. The molecular weight excluding hydrogens is 422 g/mol. The molecule has 0 spiro atoms. The van der Waals surface area contributed by atoms with Gasteiger partial charge in [0.05, 0.1) is 0 Å². The number of aryl methyl sites for hydroxylation is 4.